The molecular formula is C16H23NO2. The zero-order valence-electron chi connectivity index (χ0n) is 12.1. The van der Waals surface area contributed by atoms with Gasteiger partial charge in [0, 0.05) is 17.7 Å². The molecule has 1 aromatic rings. The van der Waals surface area contributed by atoms with E-state index in [9.17, 15) is 4.79 Å². The lowest BCUT2D eigenvalue weighted by atomic mass is 9.98. The van der Waals surface area contributed by atoms with E-state index in [0.717, 1.165) is 42.4 Å². The first-order valence-corrected chi connectivity index (χ1v) is 7.00. The van der Waals surface area contributed by atoms with Gasteiger partial charge in [0.2, 0.25) is 0 Å². The molecule has 3 nitrogen and oxygen atoms in total. The van der Waals surface area contributed by atoms with Gasteiger partial charge in [-0.25, -0.2) is 0 Å². The summed E-state index contributed by atoms with van der Waals surface area (Å²) < 4.78 is 5.40. The summed E-state index contributed by atoms with van der Waals surface area (Å²) in [5.74, 6) is 1.82. The van der Waals surface area contributed by atoms with Crippen LogP contribution in [-0.4, -0.2) is 30.9 Å². The Morgan fingerprint density at radius 3 is 2.63 bits per heavy atom. The second-order valence-corrected chi connectivity index (χ2v) is 5.54. The van der Waals surface area contributed by atoms with Crippen LogP contribution in [0.4, 0.5) is 0 Å². The van der Waals surface area contributed by atoms with Crippen molar-refractivity contribution >= 4 is 5.78 Å². The molecule has 0 atom stereocenters. The molecule has 1 aliphatic heterocycles. The van der Waals surface area contributed by atoms with E-state index in [2.05, 4.69) is 11.8 Å². The predicted octanol–water partition coefficient (Wildman–Crippen LogP) is 3.13. The summed E-state index contributed by atoms with van der Waals surface area (Å²) in [6.07, 6.45) is 2.52. The number of likely N-dealkylation sites (tertiary alicyclic amines) is 1. The Bertz CT molecular complexity index is 448. The average molecular weight is 261 g/mol. The van der Waals surface area contributed by atoms with Crippen LogP contribution in [0.5, 0.6) is 5.75 Å². The molecule has 1 aromatic carbocycles. The van der Waals surface area contributed by atoms with Gasteiger partial charge in [-0.3, -0.25) is 9.69 Å². The molecule has 1 saturated heterocycles. The van der Waals surface area contributed by atoms with Crippen LogP contribution in [0.1, 0.15) is 42.6 Å². The van der Waals surface area contributed by atoms with Crippen LogP contribution in [0.3, 0.4) is 0 Å². The normalized spacial score (nSPS) is 17.4. The predicted molar refractivity (Wildman–Crippen MR) is 76.7 cm³/mol. The van der Waals surface area contributed by atoms with Crippen LogP contribution in [0.25, 0.3) is 0 Å². The third-order valence-corrected chi connectivity index (χ3v) is 3.96. The molecule has 104 valence electrons. The number of hydrogen-bond acceptors (Lipinski definition) is 3. The number of ketones is 1. The topological polar surface area (TPSA) is 29.5 Å². The van der Waals surface area contributed by atoms with Crippen LogP contribution in [0.2, 0.25) is 0 Å². The number of benzene rings is 1. The highest BCUT2D eigenvalue weighted by molar-refractivity contribution is 5.94. The number of ether oxygens (including phenoxy) is 1. The third-order valence-electron chi connectivity index (χ3n) is 3.96. The Morgan fingerprint density at radius 2 is 2.05 bits per heavy atom. The van der Waals surface area contributed by atoms with Gasteiger partial charge in [0.25, 0.3) is 0 Å². The summed E-state index contributed by atoms with van der Waals surface area (Å²) in [5.41, 5.74) is 1.88. The third kappa shape index (κ3) is 3.57. The Kier molecular flexibility index (Phi) is 4.59. The quantitative estimate of drug-likeness (QED) is 0.780. The Labute approximate surface area is 115 Å². The molecule has 19 heavy (non-hydrogen) atoms. The standard InChI is InChI=1S/C16H23NO2/c1-12-6-8-17(9-7-12)11-15-10-14(13(2)18)4-5-16(15)19-3/h4-5,10,12H,6-9,11H2,1-3H3. The minimum absolute atomic E-state index is 0.108. The maximum absolute atomic E-state index is 11.5. The van der Waals surface area contributed by atoms with Crippen molar-refractivity contribution in [1.29, 1.82) is 0 Å². The molecule has 0 amide bonds. The Hall–Kier alpha value is -1.35. The second-order valence-electron chi connectivity index (χ2n) is 5.54. The van der Waals surface area contributed by atoms with Gasteiger partial charge in [0.15, 0.2) is 5.78 Å². The van der Waals surface area contributed by atoms with Crippen molar-refractivity contribution in [3.63, 3.8) is 0 Å². The number of methoxy groups -OCH3 is 1. The van der Waals surface area contributed by atoms with Gasteiger partial charge in [-0.2, -0.15) is 0 Å². The summed E-state index contributed by atoms with van der Waals surface area (Å²) in [7, 11) is 1.69. The molecule has 3 heteroatoms. The smallest absolute Gasteiger partial charge is 0.159 e. The van der Waals surface area contributed by atoms with Gasteiger partial charge in [-0.05, 0) is 57.0 Å². The number of carbonyl (C=O) groups excluding carboxylic acids is 1. The van der Waals surface area contributed by atoms with E-state index in [1.54, 1.807) is 14.0 Å². The van der Waals surface area contributed by atoms with Crippen LogP contribution in [0.15, 0.2) is 18.2 Å². The van der Waals surface area contributed by atoms with Crippen molar-refractivity contribution in [1.82, 2.24) is 4.90 Å². The zero-order chi connectivity index (χ0) is 13.8. The monoisotopic (exact) mass is 261 g/mol. The van der Waals surface area contributed by atoms with Gasteiger partial charge in [-0.1, -0.05) is 6.92 Å². The fraction of sp³-hybridized carbons (Fsp3) is 0.562. The number of nitrogens with zero attached hydrogens (tertiary/aromatic N) is 1. The first-order chi connectivity index (χ1) is 9.10. The minimum Gasteiger partial charge on any atom is -0.496 e. The van der Waals surface area contributed by atoms with Crippen molar-refractivity contribution in [2.24, 2.45) is 5.92 Å². The number of rotatable bonds is 4. The lowest BCUT2D eigenvalue weighted by Gasteiger charge is -2.30. The van der Waals surface area contributed by atoms with E-state index in [1.807, 2.05) is 18.2 Å². The highest BCUT2D eigenvalue weighted by Gasteiger charge is 2.17. The summed E-state index contributed by atoms with van der Waals surface area (Å²) in [6, 6.07) is 5.71. The molecule has 0 N–H and O–H groups in total. The summed E-state index contributed by atoms with van der Waals surface area (Å²) in [5, 5.41) is 0. The number of Topliss-reactive ketones (excluding diaryl/α,β-unsaturated/α-hetero) is 1. The van der Waals surface area contributed by atoms with Crippen LogP contribution >= 0.6 is 0 Å². The van der Waals surface area contributed by atoms with E-state index in [4.69, 9.17) is 4.74 Å². The lowest BCUT2D eigenvalue weighted by Crippen LogP contribution is -2.32. The molecule has 1 fully saturated rings. The molecule has 1 heterocycles. The van der Waals surface area contributed by atoms with E-state index in [0.29, 0.717) is 0 Å². The summed E-state index contributed by atoms with van der Waals surface area (Å²) >= 11 is 0. The number of piperidine rings is 1. The van der Waals surface area contributed by atoms with E-state index >= 15 is 0 Å². The van der Waals surface area contributed by atoms with Crippen LogP contribution < -0.4 is 4.74 Å². The zero-order valence-corrected chi connectivity index (χ0v) is 12.1. The first kappa shape index (κ1) is 14.1. The lowest BCUT2D eigenvalue weighted by molar-refractivity contribution is 0.101. The number of carbonyl (C=O) groups is 1. The van der Waals surface area contributed by atoms with E-state index in [-0.39, 0.29) is 5.78 Å². The van der Waals surface area contributed by atoms with Gasteiger partial charge < -0.3 is 4.74 Å². The summed E-state index contributed by atoms with van der Waals surface area (Å²) in [6.45, 7) is 7.06. The molecule has 0 radical (unpaired) electrons. The maximum Gasteiger partial charge on any atom is 0.159 e. The molecule has 0 unspecified atom stereocenters. The Balaban J connectivity index is 2.13. The SMILES string of the molecule is COc1ccc(C(C)=O)cc1CN1CCC(C)CC1. The molecule has 0 saturated carbocycles. The van der Waals surface area contributed by atoms with Gasteiger partial charge in [-0.15, -0.1) is 0 Å². The van der Waals surface area contributed by atoms with Crippen LogP contribution in [0, 0.1) is 5.92 Å². The van der Waals surface area contributed by atoms with Crippen LogP contribution in [-0.2, 0) is 6.54 Å². The largest absolute Gasteiger partial charge is 0.496 e. The fourth-order valence-electron chi connectivity index (χ4n) is 2.58. The summed E-state index contributed by atoms with van der Waals surface area (Å²) in [4.78, 5) is 13.9. The fourth-order valence-corrected chi connectivity index (χ4v) is 2.58. The first-order valence-electron chi connectivity index (χ1n) is 7.00. The van der Waals surface area contributed by atoms with E-state index in [1.165, 1.54) is 12.8 Å². The minimum atomic E-state index is 0.108. The van der Waals surface area contributed by atoms with Crippen molar-refractivity contribution in [3.05, 3.63) is 29.3 Å². The molecule has 0 spiro atoms. The van der Waals surface area contributed by atoms with Crippen molar-refractivity contribution in [3.8, 4) is 5.75 Å². The molecule has 1 aliphatic rings. The van der Waals surface area contributed by atoms with Crippen molar-refractivity contribution in [2.75, 3.05) is 20.2 Å². The Morgan fingerprint density at radius 1 is 1.37 bits per heavy atom. The van der Waals surface area contributed by atoms with Crippen molar-refractivity contribution < 1.29 is 9.53 Å². The molecular weight excluding hydrogens is 238 g/mol. The molecule has 0 bridgehead atoms. The van der Waals surface area contributed by atoms with Gasteiger partial charge in [0.1, 0.15) is 5.75 Å². The van der Waals surface area contributed by atoms with Gasteiger partial charge >= 0.3 is 0 Å². The highest BCUT2D eigenvalue weighted by Crippen LogP contribution is 2.24. The molecule has 0 aliphatic carbocycles. The molecule has 2 rings (SSSR count). The number of hydrogen-bond donors (Lipinski definition) is 0. The second kappa shape index (κ2) is 6.20. The van der Waals surface area contributed by atoms with Crippen molar-refractivity contribution in [2.45, 2.75) is 33.2 Å². The molecule has 0 aromatic heterocycles. The van der Waals surface area contributed by atoms with Gasteiger partial charge in [0.05, 0.1) is 7.11 Å². The maximum atomic E-state index is 11.5. The average Bonchev–Trinajstić information content (AvgIpc) is 2.41. The van der Waals surface area contributed by atoms with E-state index < -0.39 is 0 Å². The highest BCUT2D eigenvalue weighted by atomic mass is 16.5.